The molecule has 0 saturated carbocycles. The molecule has 0 aliphatic carbocycles. The van der Waals surface area contributed by atoms with Gasteiger partial charge in [0.2, 0.25) is 0 Å². The molecule has 1 aromatic rings. The fourth-order valence-corrected chi connectivity index (χ4v) is 1.74. The predicted molar refractivity (Wildman–Crippen MR) is 79.5 cm³/mol. The first kappa shape index (κ1) is 15.5. The molecule has 19 heavy (non-hydrogen) atoms. The van der Waals surface area contributed by atoms with Crippen molar-refractivity contribution in [2.75, 3.05) is 5.32 Å². The second-order valence-electron chi connectivity index (χ2n) is 5.35. The summed E-state index contributed by atoms with van der Waals surface area (Å²) in [6.07, 6.45) is 1.06. The van der Waals surface area contributed by atoms with E-state index in [1.165, 1.54) is 0 Å². The Morgan fingerprint density at radius 3 is 2.21 bits per heavy atom. The van der Waals surface area contributed by atoms with E-state index in [2.05, 4.69) is 26.1 Å². The summed E-state index contributed by atoms with van der Waals surface area (Å²) in [5.41, 5.74) is 1.63. The number of carbonyl (C=O) groups excluding carboxylic acids is 1. The highest BCUT2D eigenvalue weighted by molar-refractivity contribution is 5.89. The van der Waals surface area contributed by atoms with Gasteiger partial charge in [-0.3, -0.25) is 0 Å². The van der Waals surface area contributed by atoms with Crippen molar-refractivity contribution in [1.82, 2.24) is 0 Å². The fraction of sp³-hybridized carbons (Fsp3) is 0.562. The third kappa shape index (κ3) is 4.93. The van der Waals surface area contributed by atoms with Gasteiger partial charge in [0.15, 0.2) is 0 Å². The average Bonchev–Trinajstić information content (AvgIpc) is 2.37. The zero-order valence-electron chi connectivity index (χ0n) is 12.6. The van der Waals surface area contributed by atoms with Crippen LogP contribution in [-0.2, 0) is 4.74 Å². The molecule has 0 heterocycles. The number of carbonyl (C=O) groups is 1. The van der Waals surface area contributed by atoms with Crippen LogP contribution in [-0.4, -0.2) is 18.1 Å². The normalized spacial score (nSPS) is 14.0. The Morgan fingerprint density at radius 1 is 1.16 bits per heavy atom. The van der Waals surface area contributed by atoms with Gasteiger partial charge in [0, 0.05) is 11.7 Å². The number of benzene rings is 1. The Bertz CT molecular complexity index is 398. The molecule has 0 saturated heterocycles. The highest BCUT2D eigenvalue weighted by Crippen LogP contribution is 2.16. The van der Waals surface area contributed by atoms with Crippen LogP contribution < -0.4 is 5.32 Å². The molecule has 1 N–H and O–H groups in total. The van der Waals surface area contributed by atoms with Crippen LogP contribution in [0.3, 0.4) is 0 Å². The Balaban J connectivity index is 2.64. The number of esters is 1. The van der Waals surface area contributed by atoms with Crippen molar-refractivity contribution in [3.63, 3.8) is 0 Å². The lowest BCUT2D eigenvalue weighted by Crippen LogP contribution is -2.23. The van der Waals surface area contributed by atoms with Crippen molar-refractivity contribution < 1.29 is 9.53 Å². The van der Waals surface area contributed by atoms with Gasteiger partial charge in [0.05, 0.1) is 11.7 Å². The van der Waals surface area contributed by atoms with Crippen LogP contribution in [0.5, 0.6) is 0 Å². The van der Waals surface area contributed by atoms with Gasteiger partial charge in [0.1, 0.15) is 0 Å². The summed E-state index contributed by atoms with van der Waals surface area (Å²) in [5.74, 6) is 0.349. The lowest BCUT2D eigenvalue weighted by atomic mass is 10.0. The van der Waals surface area contributed by atoms with Crippen LogP contribution in [0.4, 0.5) is 5.69 Å². The van der Waals surface area contributed by atoms with E-state index >= 15 is 0 Å². The van der Waals surface area contributed by atoms with E-state index in [9.17, 15) is 4.79 Å². The zero-order valence-corrected chi connectivity index (χ0v) is 12.6. The van der Waals surface area contributed by atoms with Gasteiger partial charge in [-0.2, -0.15) is 0 Å². The molecule has 0 radical (unpaired) electrons. The van der Waals surface area contributed by atoms with Gasteiger partial charge in [-0.15, -0.1) is 0 Å². The van der Waals surface area contributed by atoms with E-state index in [1.54, 1.807) is 12.1 Å². The molecule has 0 fully saturated rings. The van der Waals surface area contributed by atoms with Gasteiger partial charge in [-0.05, 0) is 51.0 Å². The lowest BCUT2D eigenvalue weighted by Gasteiger charge is -2.21. The van der Waals surface area contributed by atoms with E-state index < -0.39 is 0 Å². The number of hydrogen-bond acceptors (Lipinski definition) is 3. The molecule has 0 spiro atoms. The van der Waals surface area contributed by atoms with Crippen molar-refractivity contribution in [1.29, 1.82) is 0 Å². The average molecular weight is 263 g/mol. The third-order valence-corrected chi connectivity index (χ3v) is 3.36. The standard InChI is InChI=1S/C16H25NO2/c1-6-12(4)13(5)17-15-9-7-14(8-10-15)16(18)19-11(2)3/h7-13,17H,6H2,1-5H3. The van der Waals surface area contributed by atoms with E-state index in [0.29, 0.717) is 17.5 Å². The van der Waals surface area contributed by atoms with Gasteiger partial charge in [-0.25, -0.2) is 4.79 Å². The van der Waals surface area contributed by atoms with Gasteiger partial charge in [0.25, 0.3) is 0 Å². The summed E-state index contributed by atoms with van der Waals surface area (Å²) in [6, 6.07) is 7.87. The van der Waals surface area contributed by atoms with E-state index in [0.717, 1.165) is 12.1 Å². The molecule has 2 unspecified atom stereocenters. The van der Waals surface area contributed by atoms with Gasteiger partial charge >= 0.3 is 5.97 Å². The van der Waals surface area contributed by atoms with Crippen molar-refractivity contribution in [2.45, 2.75) is 53.2 Å². The summed E-state index contributed by atoms with van der Waals surface area (Å²) in [6.45, 7) is 10.3. The van der Waals surface area contributed by atoms with Crippen molar-refractivity contribution >= 4 is 11.7 Å². The highest BCUT2D eigenvalue weighted by atomic mass is 16.5. The molecule has 3 heteroatoms. The van der Waals surface area contributed by atoms with Crippen LogP contribution in [0.25, 0.3) is 0 Å². The molecule has 3 nitrogen and oxygen atoms in total. The molecule has 0 aromatic heterocycles. The Kier molecular flexibility index (Phi) is 5.87. The predicted octanol–water partition coefficient (Wildman–Crippen LogP) is 4.10. The minimum absolute atomic E-state index is 0.0873. The lowest BCUT2D eigenvalue weighted by molar-refractivity contribution is 0.0378. The topological polar surface area (TPSA) is 38.3 Å². The first-order valence-electron chi connectivity index (χ1n) is 7.01. The van der Waals surface area contributed by atoms with Crippen LogP contribution >= 0.6 is 0 Å². The molecular formula is C16H25NO2. The Labute approximate surface area is 116 Å². The zero-order chi connectivity index (χ0) is 14.4. The van der Waals surface area contributed by atoms with Crippen LogP contribution in [0.1, 0.15) is 51.4 Å². The van der Waals surface area contributed by atoms with E-state index in [1.807, 2.05) is 26.0 Å². The Morgan fingerprint density at radius 2 is 1.74 bits per heavy atom. The third-order valence-electron chi connectivity index (χ3n) is 3.36. The molecule has 2 atom stereocenters. The first-order chi connectivity index (χ1) is 8.93. The maximum absolute atomic E-state index is 11.7. The Hall–Kier alpha value is -1.51. The van der Waals surface area contributed by atoms with E-state index in [4.69, 9.17) is 4.74 Å². The number of anilines is 1. The maximum atomic E-state index is 11.7. The minimum Gasteiger partial charge on any atom is -0.459 e. The summed E-state index contributed by atoms with van der Waals surface area (Å²) in [7, 11) is 0. The minimum atomic E-state index is -0.267. The van der Waals surface area contributed by atoms with Crippen LogP contribution in [0, 0.1) is 5.92 Å². The molecule has 1 rings (SSSR count). The van der Waals surface area contributed by atoms with Crippen molar-refractivity contribution in [3.8, 4) is 0 Å². The number of nitrogens with one attached hydrogen (secondary N) is 1. The number of ether oxygens (including phenoxy) is 1. The fourth-order valence-electron chi connectivity index (χ4n) is 1.74. The highest BCUT2D eigenvalue weighted by Gasteiger charge is 2.11. The second kappa shape index (κ2) is 7.17. The molecule has 106 valence electrons. The molecule has 0 bridgehead atoms. The second-order valence-corrected chi connectivity index (χ2v) is 5.35. The summed E-state index contributed by atoms with van der Waals surface area (Å²) in [5, 5.41) is 3.45. The maximum Gasteiger partial charge on any atom is 0.338 e. The van der Waals surface area contributed by atoms with Gasteiger partial charge in [-0.1, -0.05) is 20.3 Å². The molecule has 1 aromatic carbocycles. The SMILES string of the molecule is CCC(C)C(C)Nc1ccc(C(=O)OC(C)C)cc1. The summed E-state index contributed by atoms with van der Waals surface area (Å²) >= 11 is 0. The quantitative estimate of drug-likeness (QED) is 0.785. The number of rotatable bonds is 6. The molecule has 0 amide bonds. The van der Waals surface area contributed by atoms with Crippen molar-refractivity contribution in [2.24, 2.45) is 5.92 Å². The first-order valence-corrected chi connectivity index (χ1v) is 7.01. The monoisotopic (exact) mass is 263 g/mol. The van der Waals surface area contributed by atoms with E-state index in [-0.39, 0.29) is 12.1 Å². The van der Waals surface area contributed by atoms with Crippen LogP contribution in [0.15, 0.2) is 24.3 Å². The molecule has 0 aliphatic rings. The van der Waals surface area contributed by atoms with Crippen molar-refractivity contribution in [3.05, 3.63) is 29.8 Å². The summed E-state index contributed by atoms with van der Waals surface area (Å²) < 4.78 is 5.15. The van der Waals surface area contributed by atoms with Crippen LogP contribution in [0.2, 0.25) is 0 Å². The number of hydrogen-bond donors (Lipinski definition) is 1. The molecular weight excluding hydrogens is 238 g/mol. The summed E-state index contributed by atoms with van der Waals surface area (Å²) in [4.78, 5) is 11.7. The van der Waals surface area contributed by atoms with Gasteiger partial charge < -0.3 is 10.1 Å². The smallest absolute Gasteiger partial charge is 0.338 e. The molecule has 0 aliphatic heterocycles. The largest absolute Gasteiger partial charge is 0.459 e.